The van der Waals surface area contributed by atoms with Crippen LogP contribution in [0.1, 0.15) is 51.9 Å². The predicted octanol–water partition coefficient (Wildman–Crippen LogP) is 2.65. The van der Waals surface area contributed by atoms with Crippen LogP contribution in [-0.4, -0.2) is 25.6 Å². The summed E-state index contributed by atoms with van der Waals surface area (Å²) < 4.78 is 26.5. The zero-order valence-electron chi connectivity index (χ0n) is 9.97. The molecule has 0 aliphatic heterocycles. The number of rotatable bonds is 6. The van der Waals surface area contributed by atoms with E-state index in [0.29, 0.717) is 12.3 Å². The molecule has 1 aliphatic rings. The molecule has 5 heteroatoms. The summed E-state index contributed by atoms with van der Waals surface area (Å²) in [6.07, 6.45) is 6.70. The fourth-order valence-corrected chi connectivity index (χ4v) is 4.33. The van der Waals surface area contributed by atoms with Crippen LogP contribution in [0.4, 0.5) is 0 Å². The van der Waals surface area contributed by atoms with E-state index in [1.54, 1.807) is 0 Å². The molecule has 0 aromatic carbocycles. The number of unbranched alkanes of at least 4 members (excludes halogenated alkanes) is 1. The first kappa shape index (κ1) is 14.3. The molecule has 0 heterocycles. The fraction of sp³-hybridized carbons (Fsp3) is 1.00. The van der Waals surface area contributed by atoms with Crippen LogP contribution >= 0.6 is 11.6 Å². The summed E-state index contributed by atoms with van der Waals surface area (Å²) in [6, 6.07) is 0. The molecule has 3 nitrogen and oxygen atoms in total. The summed E-state index contributed by atoms with van der Waals surface area (Å²) in [5.41, 5.74) is -0.369. The highest BCUT2D eigenvalue weighted by Crippen LogP contribution is 2.30. The van der Waals surface area contributed by atoms with Gasteiger partial charge in [-0.15, -0.1) is 11.6 Å². The molecule has 0 unspecified atom stereocenters. The minimum absolute atomic E-state index is 0.224. The van der Waals surface area contributed by atoms with E-state index in [9.17, 15) is 8.42 Å². The number of alkyl halides is 1. The summed E-state index contributed by atoms with van der Waals surface area (Å²) in [6.45, 7) is 1.99. The van der Waals surface area contributed by atoms with Gasteiger partial charge in [-0.05, 0) is 19.3 Å². The second kappa shape index (κ2) is 6.22. The van der Waals surface area contributed by atoms with E-state index in [1.807, 2.05) is 6.92 Å². The smallest absolute Gasteiger partial charge is 0.212 e. The van der Waals surface area contributed by atoms with Gasteiger partial charge >= 0.3 is 0 Å². The van der Waals surface area contributed by atoms with Crippen LogP contribution in [0.15, 0.2) is 0 Å². The molecule has 0 aromatic rings. The largest absolute Gasteiger partial charge is 0.212 e. The van der Waals surface area contributed by atoms with Crippen molar-refractivity contribution in [2.24, 2.45) is 0 Å². The molecule has 16 heavy (non-hydrogen) atoms. The Morgan fingerprint density at radius 3 is 2.38 bits per heavy atom. The summed E-state index contributed by atoms with van der Waals surface area (Å²) >= 11 is 5.95. The number of sulfonamides is 1. The maximum absolute atomic E-state index is 11.9. The van der Waals surface area contributed by atoms with Crippen LogP contribution in [0.5, 0.6) is 0 Å². The average Bonchev–Trinajstić information content (AvgIpc) is 2.27. The molecular weight excluding hydrogens is 246 g/mol. The van der Waals surface area contributed by atoms with Gasteiger partial charge in [-0.2, -0.15) is 0 Å². The van der Waals surface area contributed by atoms with Crippen LogP contribution in [0.25, 0.3) is 0 Å². The van der Waals surface area contributed by atoms with Crippen LogP contribution < -0.4 is 4.72 Å². The van der Waals surface area contributed by atoms with Crippen molar-refractivity contribution in [3.05, 3.63) is 0 Å². The minimum Gasteiger partial charge on any atom is -0.212 e. The van der Waals surface area contributed by atoms with Gasteiger partial charge in [0, 0.05) is 11.4 Å². The van der Waals surface area contributed by atoms with E-state index >= 15 is 0 Å². The second-order valence-electron chi connectivity index (χ2n) is 4.75. The third-order valence-electron chi connectivity index (χ3n) is 3.21. The second-order valence-corrected chi connectivity index (χ2v) is 6.86. The van der Waals surface area contributed by atoms with Crippen LogP contribution in [0.3, 0.4) is 0 Å². The van der Waals surface area contributed by atoms with Gasteiger partial charge in [-0.25, -0.2) is 13.1 Å². The SMILES string of the molecule is CCCCS(=O)(=O)NC1(CCl)CCCCC1. The molecule has 1 saturated carbocycles. The van der Waals surface area contributed by atoms with Gasteiger partial charge in [-0.3, -0.25) is 0 Å². The van der Waals surface area contributed by atoms with Crippen molar-refractivity contribution in [2.75, 3.05) is 11.6 Å². The highest BCUT2D eigenvalue weighted by molar-refractivity contribution is 7.89. The lowest BCUT2D eigenvalue weighted by Crippen LogP contribution is -2.51. The Kier molecular flexibility index (Phi) is 5.54. The van der Waals surface area contributed by atoms with Crippen molar-refractivity contribution in [1.82, 2.24) is 4.72 Å². The summed E-state index contributed by atoms with van der Waals surface area (Å²) in [4.78, 5) is 0. The first-order valence-corrected chi connectivity index (χ1v) is 8.30. The molecule has 0 atom stereocenters. The summed E-state index contributed by atoms with van der Waals surface area (Å²) in [5, 5.41) is 0. The maximum Gasteiger partial charge on any atom is 0.212 e. The third-order valence-corrected chi connectivity index (χ3v) is 5.29. The van der Waals surface area contributed by atoms with Crippen LogP contribution in [0.2, 0.25) is 0 Å². The van der Waals surface area contributed by atoms with Gasteiger partial charge in [0.2, 0.25) is 10.0 Å². The molecule has 0 radical (unpaired) electrons. The Morgan fingerprint density at radius 2 is 1.88 bits per heavy atom. The van der Waals surface area contributed by atoms with Crippen LogP contribution in [0, 0.1) is 0 Å². The van der Waals surface area contributed by atoms with Crippen molar-refractivity contribution in [1.29, 1.82) is 0 Å². The molecule has 0 amide bonds. The molecule has 1 N–H and O–H groups in total. The zero-order chi connectivity index (χ0) is 12.1. The lowest BCUT2D eigenvalue weighted by molar-refractivity contribution is 0.298. The topological polar surface area (TPSA) is 46.2 Å². The van der Waals surface area contributed by atoms with Crippen molar-refractivity contribution in [3.63, 3.8) is 0 Å². The number of hydrogen-bond acceptors (Lipinski definition) is 2. The maximum atomic E-state index is 11.9. The van der Waals surface area contributed by atoms with Crippen molar-refractivity contribution >= 4 is 21.6 Å². The predicted molar refractivity (Wildman–Crippen MR) is 68.4 cm³/mol. The molecule has 0 saturated heterocycles. The molecule has 0 aromatic heterocycles. The number of nitrogens with one attached hydrogen (secondary N) is 1. The third kappa shape index (κ3) is 4.22. The minimum atomic E-state index is -3.15. The van der Waals surface area contributed by atoms with Crippen molar-refractivity contribution in [3.8, 4) is 0 Å². The molecule has 1 aliphatic carbocycles. The fourth-order valence-electron chi connectivity index (χ4n) is 2.21. The van der Waals surface area contributed by atoms with E-state index < -0.39 is 10.0 Å². The van der Waals surface area contributed by atoms with E-state index in [0.717, 1.165) is 32.1 Å². The molecular formula is C11H22ClNO2S. The van der Waals surface area contributed by atoms with Crippen molar-refractivity contribution < 1.29 is 8.42 Å². The number of halogens is 1. The zero-order valence-corrected chi connectivity index (χ0v) is 11.5. The van der Waals surface area contributed by atoms with E-state index in [1.165, 1.54) is 6.42 Å². The van der Waals surface area contributed by atoms with E-state index in [2.05, 4.69) is 4.72 Å². The van der Waals surface area contributed by atoms with E-state index in [4.69, 9.17) is 11.6 Å². The lowest BCUT2D eigenvalue weighted by Gasteiger charge is -2.36. The monoisotopic (exact) mass is 267 g/mol. The Bertz CT molecular complexity index is 297. The highest BCUT2D eigenvalue weighted by Gasteiger charge is 2.34. The quantitative estimate of drug-likeness (QED) is 0.752. The van der Waals surface area contributed by atoms with Gasteiger partial charge in [0.1, 0.15) is 0 Å². The lowest BCUT2D eigenvalue weighted by atomic mass is 9.84. The summed E-state index contributed by atoms with van der Waals surface area (Å²) in [7, 11) is -3.15. The van der Waals surface area contributed by atoms with Gasteiger partial charge in [0.15, 0.2) is 0 Å². The normalized spacial score (nSPS) is 20.9. The molecule has 1 fully saturated rings. The van der Waals surface area contributed by atoms with Gasteiger partial charge < -0.3 is 0 Å². The van der Waals surface area contributed by atoms with Gasteiger partial charge in [-0.1, -0.05) is 32.6 Å². The molecule has 0 spiro atoms. The Labute approximate surface area is 104 Å². The van der Waals surface area contributed by atoms with Crippen LogP contribution in [-0.2, 0) is 10.0 Å². The van der Waals surface area contributed by atoms with E-state index in [-0.39, 0.29) is 11.3 Å². The standard InChI is InChI=1S/C11H22ClNO2S/c1-2-3-9-16(14,15)13-11(10-12)7-5-4-6-8-11/h13H,2-10H2,1H3. The first-order valence-electron chi connectivity index (χ1n) is 6.11. The van der Waals surface area contributed by atoms with Crippen molar-refractivity contribution in [2.45, 2.75) is 57.4 Å². The Balaban J connectivity index is 2.61. The molecule has 96 valence electrons. The molecule has 1 rings (SSSR count). The van der Waals surface area contributed by atoms with Gasteiger partial charge in [0.25, 0.3) is 0 Å². The Morgan fingerprint density at radius 1 is 1.25 bits per heavy atom. The Hall–Kier alpha value is 0.200. The molecule has 0 bridgehead atoms. The summed E-state index contributed by atoms with van der Waals surface area (Å²) in [5.74, 6) is 0.612. The number of hydrogen-bond donors (Lipinski definition) is 1. The first-order chi connectivity index (χ1) is 7.54. The highest BCUT2D eigenvalue weighted by atomic mass is 35.5. The van der Waals surface area contributed by atoms with Gasteiger partial charge in [0.05, 0.1) is 5.75 Å². The average molecular weight is 268 g/mol.